The molecular formula is C28H25ClN2OS. The fraction of sp³-hybridized carbons (Fsp3) is 0.214. The lowest BCUT2D eigenvalue weighted by Gasteiger charge is -2.29. The van der Waals surface area contributed by atoms with Crippen LogP contribution in [0.1, 0.15) is 36.4 Å². The van der Waals surface area contributed by atoms with Crippen LogP contribution in [0.5, 0.6) is 0 Å². The Morgan fingerprint density at radius 2 is 1.70 bits per heavy atom. The first-order chi connectivity index (χ1) is 16.2. The van der Waals surface area contributed by atoms with E-state index in [1.165, 1.54) is 22.9 Å². The lowest BCUT2D eigenvalue weighted by Crippen LogP contribution is -2.32. The third-order valence-corrected chi connectivity index (χ3v) is 7.46. The second kappa shape index (κ2) is 9.98. The Morgan fingerprint density at radius 3 is 2.42 bits per heavy atom. The van der Waals surface area contributed by atoms with E-state index in [-0.39, 0.29) is 17.9 Å². The molecule has 33 heavy (non-hydrogen) atoms. The van der Waals surface area contributed by atoms with Gasteiger partial charge in [0.15, 0.2) is 0 Å². The number of benzene rings is 3. The number of hydrogen-bond donors (Lipinski definition) is 0. The summed E-state index contributed by atoms with van der Waals surface area (Å²) in [5.74, 6) is 0.594. The summed E-state index contributed by atoms with van der Waals surface area (Å²) in [5, 5.41) is 7.42. The van der Waals surface area contributed by atoms with Crippen molar-refractivity contribution in [2.75, 3.05) is 5.75 Å². The zero-order valence-corrected chi connectivity index (χ0v) is 19.8. The molecular weight excluding hydrogens is 448 g/mol. The third kappa shape index (κ3) is 4.92. The zero-order chi connectivity index (χ0) is 22.6. The molecule has 0 aromatic heterocycles. The monoisotopic (exact) mass is 472 g/mol. The van der Waals surface area contributed by atoms with Crippen molar-refractivity contribution in [2.45, 2.75) is 30.2 Å². The molecule has 0 N–H and O–H groups in total. The molecule has 0 bridgehead atoms. The van der Waals surface area contributed by atoms with Gasteiger partial charge in [-0.25, -0.2) is 5.01 Å². The van der Waals surface area contributed by atoms with Crippen molar-refractivity contribution in [3.05, 3.63) is 107 Å². The molecule has 0 spiro atoms. The molecule has 0 radical (unpaired) electrons. The van der Waals surface area contributed by atoms with Crippen LogP contribution in [-0.4, -0.2) is 22.4 Å². The molecule has 2 atom stereocenters. The van der Waals surface area contributed by atoms with Crippen LogP contribution >= 0.6 is 23.4 Å². The van der Waals surface area contributed by atoms with Gasteiger partial charge < -0.3 is 0 Å². The molecule has 1 aliphatic carbocycles. The Labute approximate surface area is 204 Å². The van der Waals surface area contributed by atoms with Crippen LogP contribution in [0.2, 0.25) is 5.02 Å². The van der Waals surface area contributed by atoms with Crippen LogP contribution in [0.4, 0.5) is 0 Å². The summed E-state index contributed by atoms with van der Waals surface area (Å²) in [6.07, 6.45) is 5.38. The lowest BCUT2D eigenvalue weighted by atomic mass is 9.77. The molecule has 5 heteroatoms. The summed E-state index contributed by atoms with van der Waals surface area (Å²) in [4.78, 5) is 14.5. The normalized spacial score (nSPS) is 21.1. The van der Waals surface area contributed by atoms with Gasteiger partial charge in [-0.05, 0) is 66.3 Å². The van der Waals surface area contributed by atoms with E-state index in [1.807, 2.05) is 48.5 Å². The molecule has 1 saturated carbocycles. The van der Waals surface area contributed by atoms with E-state index in [0.717, 1.165) is 35.4 Å². The van der Waals surface area contributed by atoms with Gasteiger partial charge in [-0.3, -0.25) is 4.79 Å². The van der Waals surface area contributed by atoms with Gasteiger partial charge in [0.1, 0.15) is 0 Å². The van der Waals surface area contributed by atoms with Crippen LogP contribution in [0, 0.1) is 5.92 Å². The van der Waals surface area contributed by atoms with Crippen molar-refractivity contribution in [1.82, 2.24) is 5.01 Å². The summed E-state index contributed by atoms with van der Waals surface area (Å²) >= 11 is 7.52. The van der Waals surface area contributed by atoms with E-state index in [2.05, 4.69) is 42.5 Å². The Kier molecular flexibility index (Phi) is 6.65. The molecule has 1 fully saturated rings. The summed E-state index contributed by atoms with van der Waals surface area (Å²) in [6, 6.07) is 28.3. The van der Waals surface area contributed by atoms with Gasteiger partial charge in [-0.2, -0.15) is 5.10 Å². The number of nitrogens with zero attached hydrogens (tertiary/aromatic N) is 2. The second-order valence-corrected chi connectivity index (χ2v) is 9.89. The number of rotatable bonds is 5. The molecule has 5 rings (SSSR count). The number of hydrazone groups is 1. The SMILES string of the molecule is O=C(CSc1ccc(Cl)cc1)N1N=C2/C(=C/c3ccccc3)CCCC2C1c1ccccc1. The first-order valence-corrected chi connectivity index (χ1v) is 12.7. The molecule has 2 unspecified atom stereocenters. The summed E-state index contributed by atoms with van der Waals surface area (Å²) in [7, 11) is 0. The molecule has 1 aliphatic heterocycles. The molecule has 166 valence electrons. The Balaban J connectivity index is 1.45. The van der Waals surface area contributed by atoms with Gasteiger partial charge in [-0.15, -0.1) is 11.8 Å². The third-order valence-electron chi connectivity index (χ3n) is 6.21. The van der Waals surface area contributed by atoms with E-state index in [0.29, 0.717) is 10.8 Å². The minimum absolute atomic E-state index is 0.0322. The number of hydrogen-bond acceptors (Lipinski definition) is 3. The number of fused-ring (bicyclic) bond motifs is 1. The Bertz CT molecular complexity index is 1180. The summed E-state index contributed by atoms with van der Waals surface area (Å²) in [6.45, 7) is 0. The lowest BCUT2D eigenvalue weighted by molar-refractivity contribution is -0.130. The van der Waals surface area contributed by atoms with E-state index in [9.17, 15) is 4.79 Å². The van der Waals surface area contributed by atoms with E-state index in [1.54, 1.807) is 5.01 Å². The average Bonchev–Trinajstić information content (AvgIpc) is 3.25. The maximum atomic E-state index is 13.4. The first-order valence-electron chi connectivity index (χ1n) is 11.3. The van der Waals surface area contributed by atoms with Crippen LogP contribution in [0.15, 0.2) is 100 Å². The van der Waals surface area contributed by atoms with E-state index < -0.39 is 0 Å². The van der Waals surface area contributed by atoms with Crippen LogP contribution in [0.3, 0.4) is 0 Å². The van der Waals surface area contributed by atoms with Gasteiger partial charge in [0.2, 0.25) is 0 Å². The highest BCUT2D eigenvalue weighted by molar-refractivity contribution is 8.00. The van der Waals surface area contributed by atoms with Crippen molar-refractivity contribution < 1.29 is 4.79 Å². The highest BCUT2D eigenvalue weighted by Gasteiger charge is 2.43. The number of halogens is 1. The predicted molar refractivity (Wildman–Crippen MR) is 137 cm³/mol. The number of carbonyl (C=O) groups excluding carboxylic acids is 1. The summed E-state index contributed by atoms with van der Waals surface area (Å²) in [5.41, 5.74) is 4.64. The van der Waals surface area contributed by atoms with Crippen molar-refractivity contribution in [3.63, 3.8) is 0 Å². The highest BCUT2D eigenvalue weighted by atomic mass is 35.5. The largest absolute Gasteiger partial charge is 0.272 e. The molecule has 3 aromatic carbocycles. The smallest absolute Gasteiger partial charge is 0.253 e. The fourth-order valence-electron chi connectivity index (χ4n) is 4.68. The van der Waals surface area contributed by atoms with Gasteiger partial charge >= 0.3 is 0 Å². The number of carbonyl (C=O) groups is 1. The molecule has 3 aromatic rings. The minimum Gasteiger partial charge on any atom is -0.272 e. The minimum atomic E-state index is -0.0565. The van der Waals surface area contributed by atoms with Gasteiger partial charge in [0, 0.05) is 15.8 Å². The second-order valence-electron chi connectivity index (χ2n) is 8.40. The fourth-order valence-corrected chi connectivity index (χ4v) is 5.56. The van der Waals surface area contributed by atoms with Crippen molar-refractivity contribution in [3.8, 4) is 0 Å². The van der Waals surface area contributed by atoms with Crippen molar-refractivity contribution in [2.24, 2.45) is 11.0 Å². The maximum absolute atomic E-state index is 13.4. The van der Waals surface area contributed by atoms with E-state index in [4.69, 9.17) is 16.7 Å². The quantitative estimate of drug-likeness (QED) is 0.366. The average molecular weight is 473 g/mol. The Morgan fingerprint density at radius 1 is 1.00 bits per heavy atom. The van der Waals surface area contributed by atoms with Gasteiger partial charge in [0.05, 0.1) is 17.5 Å². The van der Waals surface area contributed by atoms with Crippen molar-refractivity contribution >= 4 is 41.1 Å². The predicted octanol–water partition coefficient (Wildman–Crippen LogP) is 7.26. The Hall–Kier alpha value is -2.82. The molecule has 0 saturated heterocycles. The van der Waals surface area contributed by atoms with Crippen LogP contribution in [0.25, 0.3) is 6.08 Å². The molecule has 2 aliphatic rings. The standard InChI is InChI=1S/C28H25ClN2OS/c29-23-14-16-24(17-15-23)33-19-26(32)31-28(21-10-5-2-6-11-21)25-13-7-12-22(27(25)30-31)18-20-8-3-1-4-9-20/h1-6,8-11,14-18,25,28H,7,12-13,19H2/b22-18+. The molecule has 1 amide bonds. The number of amides is 1. The molecule has 3 nitrogen and oxygen atoms in total. The zero-order valence-electron chi connectivity index (χ0n) is 18.2. The molecule has 1 heterocycles. The van der Waals surface area contributed by atoms with Crippen LogP contribution in [-0.2, 0) is 4.79 Å². The van der Waals surface area contributed by atoms with E-state index >= 15 is 0 Å². The van der Waals surface area contributed by atoms with Gasteiger partial charge in [0.25, 0.3) is 5.91 Å². The topological polar surface area (TPSA) is 32.7 Å². The van der Waals surface area contributed by atoms with Crippen molar-refractivity contribution in [1.29, 1.82) is 0 Å². The number of allylic oxidation sites excluding steroid dienone is 1. The summed E-state index contributed by atoms with van der Waals surface area (Å²) < 4.78 is 0. The van der Waals surface area contributed by atoms with Gasteiger partial charge in [-0.1, -0.05) is 72.3 Å². The highest BCUT2D eigenvalue weighted by Crippen LogP contribution is 2.44. The first kappa shape index (κ1) is 22.0. The number of thioether (sulfide) groups is 1. The maximum Gasteiger partial charge on any atom is 0.253 e. The van der Waals surface area contributed by atoms with Crippen LogP contribution < -0.4 is 0 Å².